The predicted octanol–water partition coefficient (Wildman–Crippen LogP) is 2.24. The Kier molecular flexibility index (Phi) is 5.64. The van der Waals surface area contributed by atoms with Crippen LogP contribution in [0, 0.1) is 0 Å². The van der Waals surface area contributed by atoms with Gasteiger partial charge in [-0.15, -0.1) is 0 Å². The van der Waals surface area contributed by atoms with Crippen molar-refractivity contribution in [3.8, 4) is 0 Å². The highest BCUT2D eigenvalue weighted by Gasteiger charge is 2.13. The molecule has 96 valence electrons. The number of rotatable bonds is 5. The molecule has 18 heavy (non-hydrogen) atoms. The molecule has 0 aliphatic heterocycles. The van der Waals surface area contributed by atoms with Gasteiger partial charge in [0.05, 0.1) is 6.61 Å². The fraction of sp³-hybridized carbons (Fsp3) is 0.286. The first-order valence-electron chi connectivity index (χ1n) is 5.73. The van der Waals surface area contributed by atoms with Gasteiger partial charge in [0.15, 0.2) is 0 Å². The lowest BCUT2D eigenvalue weighted by Crippen LogP contribution is -2.13. The number of benzene rings is 1. The first-order chi connectivity index (χ1) is 8.63. The third-order valence-corrected chi connectivity index (χ3v) is 2.10. The Morgan fingerprint density at radius 3 is 2.44 bits per heavy atom. The number of hydrogen-bond donors (Lipinski definition) is 0. The Morgan fingerprint density at radius 1 is 1.22 bits per heavy atom. The third-order valence-electron chi connectivity index (χ3n) is 2.10. The standard InChI is InChI=1S/C14H16O4/c1-3-17-14(16)13(18-11(2)15)10-9-12-7-5-4-6-8-12/h4-8,10H,3,9H2,1-2H3. The largest absolute Gasteiger partial charge is 0.460 e. The minimum absolute atomic E-state index is 0.0618. The molecule has 4 nitrogen and oxygen atoms in total. The van der Waals surface area contributed by atoms with Crippen molar-refractivity contribution >= 4 is 11.9 Å². The molecule has 4 heteroatoms. The molecule has 0 spiro atoms. The first kappa shape index (κ1) is 14.0. The second kappa shape index (κ2) is 7.27. The molecule has 0 saturated carbocycles. The second-order valence-corrected chi connectivity index (χ2v) is 3.57. The van der Waals surface area contributed by atoms with Crippen molar-refractivity contribution < 1.29 is 19.1 Å². The minimum Gasteiger partial charge on any atom is -0.460 e. The van der Waals surface area contributed by atoms with E-state index in [0.717, 1.165) is 5.56 Å². The van der Waals surface area contributed by atoms with E-state index >= 15 is 0 Å². The van der Waals surface area contributed by atoms with E-state index in [1.165, 1.54) is 6.92 Å². The summed E-state index contributed by atoms with van der Waals surface area (Å²) in [5, 5.41) is 0. The Hall–Kier alpha value is -2.10. The molecule has 1 rings (SSSR count). The van der Waals surface area contributed by atoms with Crippen molar-refractivity contribution in [2.24, 2.45) is 0 Å². The fourth-order valence-corrected chi connectivity index (χ4v) is 1.35. The van der Waals surface area contributed by atoms with Gasteiger partial charge in [0, 0.05) is 6.92 Å². The summed E-state index contributed by atoms with van der Waals surface area (Å²) in [6.45, 7) is 3.18. The van der Waals surface area contributed by atoms with Crippen LogP contribution in [0.15, 0.2) is 42.2 Å². The molecule has 0 fully saturated rings. The van der Waals surface area contributed by atoms with E-state index in [1.807, 2.05) is 30.3 Å². The number of esters is 2. The van der Waals surface area contributed by atoms with Gasteiger partial charge >= 0.3 is 11.9 Å². The van der Waals surface area contributed by atoms with Crippen molar-refractivity contribution in [2.45, 2.75) is 20.3 Å². The zero-order chi connectivity index (χ0) is 13.4. The molecule has 0 amide bonds. The van der Waals surface area contributed by atoms with Gasteiger partial charge in [-0.05, 0) is 25.0 Å². The van der Waals surface area contributed by atoms with E-state index in [9.17, 15) is 9.59 Å². The number of allylic oxidation sites excluding steroid dienone is 1. The molecular weight excluding hydrogens is 232 g/mol. The van der Waals surface area contributed by atoms with Crippen molar-refractivity contribution in [3.05, 3.63) is 47.7 Å². The molecule has 0 radical (unpaired) electrons. The number of ether oxygens (including phenoxy) is 2. The van der Waals surface area contributed by atoms with Crippen LogP contribution in [0.2, 0.25) is 0 Å². The maximum absolute atomic E-state index is 11.5. The molecule has 0 aliphatic carbocycles. The van der Waals surface area contributed by atoms with E-state index in [4.69, 9.17) is 9.47 Å². The summed E-state index contributed by atoms with van der Waals surface area (Å²) < 4.78 is 9.64. The molecule has 1 aromatic rings. The first-order valence-corrected chi connectivity index (χ1v) is 5.73. The van der Waals surface area contributed by atoms with Gasteiger partial charge < -0.3 is 9.47 Å². The van der Waals surface area contributed by atoms with Gasteiger partial charge in [0.25, 0.3) is 0 Å². The Morgan fingerprint density at radius 2 is 1.89 bits per heavy atom. The molecule has 0 atom stereocenters. The predicted molar refractivity (Wildman–Crippen MR) is 66.6 cm³/mol. The summed E-state index contributed by atoms with van der Waals surface area (Å²) in [5.74, 6) is -1.22. The minimum atomic E-state index is -0.622. The third kappa shape index (κ3) is 4.82. The Bertz CT molecular complexity index is 434. The molecule has 0 heterocycles. The number of hydrogen-bond acceptors (Lipinski definition) is 4. The zero-order valence-electron chi connectivity index (χ0n) is 10.5. The summed E-state index contributed by atoms with van der Waals surface area (Å²) in [7, 11) is 0. The van der Waals surface area contributed by atoms with Gasteiger partial charge in [-0.2, -0.15) is 0 Å². The van der Waals surface area contributed by atoms with Crippen molar-refractivity contribution in [3.63, 3.8) is 0 Å². The highest BCUT2D eigenvalue weighted by molar-refractivity contribution is 5.89. The summed E-state index contributed by atoms with van der Waals surface area (Å²) in [6, 6.07) is 9.56. The molecule has 1 aromatic carbocycles. The van der Waals surface area contributed by atoms with Crippen LogP contribution in [0.25, 0.3) is 0 Å². The van der Waals surface area contributed by atoms with Crippen molar-refractivity contribution in [1.29, 1.82) is 0 Å². The number of carbonyl (C=O) groups is 2. The maximum Gasteiger partial charge on any atom is 0.374 e. The van der Waals surface area contributed by atoms with E-state index < -0.39 is 11.9 Å². The summed E-state index contributed by atoms with van der Waals surface area (Å²) >= 11 is 0. The van der Waals surface area contributed by atoms with Crippen LogP contribution in [0.1, 0.15) is 19.4 Å². The van der Waals surface area contributed by atoms with Crippen molar-refractivity contribution in [2.75, 3.05) is 6.61 Å². The summed E-state index contributed by atoms with van der Waals surface area (Å²) in [6.07, 6.45) is 2.05. The smallest absolute Gasteiger partial charge is 0.374 e. The van der Waals surface area contributed by atoms with Crippen LogP contribution < -0.4 is 0 Å². The van der Waals surface area contributed by atoms with E-state index in [2.05, 4.69) is 0 Å². The summed E-state index contributed by atoms with van der Waals surface area (Å²) in [5.41, 5.74) is 1.02. The molecular formula is C14H16O4. The quantitative estimate of drug-likeness (QED) is 0.455. The molecule has 0 aromatic heterocycles. The van der Waals surface area contributed by atoms with E-state index in [0.29, 0.717) is 6.42 Å². The SMILES string of the molecule is CCOC(=O)C(=CCc1ccccc1)OC(C)=O. The van der Waals surface area contributed by atoms with Crippen LogP contribution in [0.3, 0.4) is 0 Å². The molecule has 0 unspecified atom stereocenters. The molecule has 0 N–H and O–H groups in total. The van der Waals surface area contributed by atoms with Crippen LogP contribution in [0.5, 0.6) is 0 Å². The average Bonchev–Trinajstić information content (AvgIpc) is 2.35. The average molecular weight is 248 g/mol. The molecule has 0 saturated heterocycles. The lowest BCUT2D eigenvalue weighted by atomic mass is 10.1. The van der Waals surface area contributed by atoms with Crippen LogP contribution >= 0.6 is 0 Å². The van der Waals surface area contributed by atoms with Crippen LogP contribution in [0.4, 0.5) is 0 Å². The molecule has 0 bridgehead atoms. The van der Waals surface area contributed by atoms with Gasteiger partial charge in [0.1, 0.15) is 0 Å². The number of carbonyl (C=O) groups excluding carboxylic acids is 2. The Balaban J connectivity index is 2.75. The topological polar surface area (TPSA) is 52.6 Å². The van der Waals surface area contributed by atoms with E-state index in [-0.39, 0.29) is 12.4 Å². The highest BCUT2D eigenvalue weighted by Crippen LogP contribution is 2.07. The lowest BCUT2D eigenvalue weighted by molar-refractivity contribution is -0.150. The van der Waals surface area contributed by atoms with E-state index in [1.54, 1.807) is 13.0 Å². The Labute approximate surface area is 106 Å². The second-order valence-electron chi connectivity index (χ2n) is 3.57. The summed E-state index contributed by atoms with van der Waals surface area (Å²) in [4.78, 5) is 22.4. The van der Waals surface area contributed by atoms with Crippen LogP contribution in [-0.4, -0.2) is 18.5 Å². The van der Waals surface area contributed by atoms with Gasteiger partial charge in [-0.3, -0.25) is 4.79 Å². The zero-order valence-corrected chi connectivity index (χ0v) is 10.5. The van der Waals surface area contributed by atoms with Gasteiger partial charge in [0.2, 0.25) is 5.76 Å². The lowest BCUT2D eigenvalue weighted by Gasteiger charge is -2.06. The van der Waals surface area contributed by atoms with Crippen LogP contribution in [-0.2, 0) is 25.5 Å². The van der Waals surface area contributed by atoms with Gasteiger partial charge in [-0.1, -0.05) is 30.3 Å². The maximum atomic E-state index is 11.5. The van der Waals surface area contributed by atoms with Crippen molar-refractivity contribution in [1.82, 2.24) is 0 Å². The highest BCUT2D eigenvalue weighted by atomic mass is 16.6. The normalized spacial score (nSPS) is 10.9. The fourth-order valence-electron chi connectivity index (χ4n) is 1.35. The molecule has 0 aliphatic rings. The monoisotopic (exact) mass is 248 g/mol. The van der Waals surface area contributed by atoms with Gasteiger partial charge in [-0.25, -0.2) is 4.79 Å².